The summed E-state index contributed by atoms with van der Waals surface area (Å²) in [5, 5.41) is 9.39. The molecule has 2 aromatic rings. The van der Waals surface area contributed by atoms with E-state index in [1.165, 1.54) is 0 Å². The van der Waals surface area contributed by atoms with Crippen LogP contribution in [-0.2, 0) is 0 Å². The van der Waals surface area contributed by atoms with Crippen molar-refractivity contribution in [3.8, 4) is 17.4 Å². The molecule has 0 aliphatic carbocycles. The van der Waals surface area contributed by atoms with Gasteiger partial charge in [0, 0.05) is 0 Å². The molecule has 0 fully saturated rings. The minimum absolute atomic E-state index is 0.197. The van der Waals surface area contributed by atoms with Crippen molar-refractivity contribution in [2.24, 2.45) is 0 Å². The van der Waals surface area contributed by atoms with Gasteiger partial charge in [-0.3, -0.25) is 4.79 Å². The fourth-order valence-corrected chi connectivity index (χ4v) is 1.25. The zero-order chi connectivity index (χ0) is 11.5. The zero-order valence-electron chi connectivity index (χ0n) is 8.60. The molecule has 0 saturated heterocycles. The molecule has 5 heteroatoms. The fraction of sp³-hybridized carbons (Fsp3) is 0.0909. The summed E-state index contributed by atoms with van der Waals surface area (Å²) >= 11 is 0. The van der Waals surface area contributed by atoms with E-state index in [0.717, 1.165) is 11.9 Å². The maximum atomic E-state index is 11.4. The summed E-state index contributed by atoms with van der Waals surface area (Å²) < 4.78 is 5.31. The van der Waals surface area contributed by atoms with Crippen LogP contribution in [0.15, 0.2) is 35.4 Å². The molecule has 0 saturated carbocycles. The molecule has 1 aromatic heterocycles. The number of nitrogens with zero attached hydrogens (tertiary/aromatic N) is 1. The van der Waals surface area contributed by atoms with Crippen LogP contribution in [0.1, 0.15) is 5.56 Å². The van der Waals surface area contributed by atoms with Crippen molar-refractivity contribution in [1.82, 2.24) is 9.97 Å². The topological polar surface area (TPSA) is 75.2 Å². The van der Waals surface area contributed by atoms with E-state index in [4.69, 9.17) is 4.74 Å². The summed E-state index contributed by atoms with van der Waals surface area (Å²) in [6.07, 6.45) is 1.11. The number of aromatic hydroxyl groups is 1. The lowest BCUT2D eigenvalue weighted by molar-refractivity contribution is 0.388. The highest BCUT2D eigenvalue weighted by Crippen LogP contribution is 2.26. The van der Waals surface area contributed by atoms with Crippen molar-refractivity contribution in [2.75, 3.05) is 0 Å². The van der Waals surface area contributed by atoms with E-state index in [1.54, 1.807) is 12.1 Å². The molecular formula is C11H10N2O3. The van der Waals surface area contributed by atoms with Gasteiger partial charge in [0.15, 0.2) is 0 Å². The SMILES string of the molecule is Cc1ccccc1Oc1c(O)nc[nH]c1=O. The Morgan fingerprint density at radius 3 is 2.81 bits per heavy atom. The highest BCUT2D eigenvalue weighted by atomic mass is 16.5. The molecule has 5 nitrogen and oxygen atoms in total. The molecular weight excluding hydrogens is 208 g/mol. The Bertz CT molecular complexity index is 563. The number of aryl methyl sites for hydroxylation is 1. The molecule has 0 spiro atoms. The molecule has 1 aromatic carbocycles. The van der Waals surface area contributed by atoms with Gasteiger partial charge >= 0.3 is 0 Å². The number of H-pyrrole nitrogens is 1. The van der Waals surface area contributed by atoms with Crippen molar-refractivity contribution in [3.05, 3.63) is 46.5 Å². The number of hydrogen-bond donors (Lipinski definition) is 2. The van der Waals surface area contributed by atoms with Gasteiger partial charge in [-0.2, -0.15) is 0 Å². The van der Waals surface area contributed by atoms with Crippen molar-refractivity contribution in [2.45, 2.75) is 6.92 Å². The van der Waals surface area contributed by atoms with E-state index < -0.39 is 11.4 Å². The van der Waals surface area contributed by atoms with E-state index in [2.05, 4.69) is 9.97 Å². The van der Waals surface area contributed by atoms with Crippen molar-refractivity contribution in [1.29, 1.82) is 0 Å². The van der Waals surface area contributed by atoms with E-state index in [-0.39, 0.29) is 5.75 Å². The largest absolute Gasteiger partial charge is 0.490 e. The van der Waals surface area contributed by atoms with Gasteiger partial charge in [0.2, 0.25) is 0 Å². The molecule has 82 valence electrons. The van der Waals surface area contributed by atoms with Gasteiger partial charge in [0.1, 0.15) is 5.75 Å². The van der Waals surface area contributed by atoms with Crippen LogP contribution in [0.2, 0.25) is 0 Å². The molecule has 2 rings (SSSR count). The molecule has 0 amide bonds. The lowest BCUT2D eigenvalue weighted by atomic mass is 10.2. The highest BCUT2D eigenvalue weighted by Gasteiger charge is 2.10. The summed E-state index contributed by atoms with van der Waals surface area (Å²) in [7, 11) is 0. The predicted molar refractivity (Wildman–Crippen MR) is 57.8 cm³/mol. The lowest BCUT2D eigenvalue weighted by Crippen LogP contribution is -2.09. The quantitative estimate of drug-likeness (QED) is 0.802. The molecule has 0 bridgehead atoms. The zero-order valence-corrected chi connectivity index (χ0v) is 8.60. The predicted octanol–water partition coefficient (Wildman–Crippen LogP) is 1.58. The number of ether oxygens (including phenoxy) is 1. The second kappa shape index (κ2) is 4.06. The molecule has 0 atom stereocenters. The van der Waals surface area contributed by atoms with Crippen LogP contribution < -0.4 is 10.3 Å². The third-order valence-corrected chi connectivity index (χ3v) is 2.10. The summed E-state index contributed by atoms with van der Waals surface area (Å²) in [5.74, 6) is -0.111. The van der Waals surface area contributed by atoms with Crippen LogP contribution in [0.25, 0.3) is 0 Å². The smallest absolute Gasteiger partial charge is 0.297 e. The van der Waals surface area contributed by atoms with Crippen molar-refractivity contribution >= 4 is 0 Å². The van der Waals surface area contributed by atoms with Gasteiger partial charge in [0.25, 0.3) is 17.2 Å². The Labute approximate surface area is 91.4 Å². The molecule has 0 aliphatic rings. The monoisotopic (exact) mass is 218 g/mol. The third-order valence-electron chi connectivity index (χ3n) is 2.10. The fourth-order valence-electron chi connectivity index (χ4n) is 1.25. The number of para-hydroxylation sites is 1. The standard InChI is InChI=1S/C11H10N2O3/c1-7-4-2-3-5-8(7)16-9-10(14)12-6-13-11(9)15/h2-6H,1H3,(H2,12,13,14,15). The van der Waals surface area contributed by atoms with Crippen LogP contribution in [0.5, 0.6) is 17.4 Å². The number of rotatable bonds is 2. The van der Waals surface area contributed by atoms with Crippen LogP contribution in [0, 0.1) is 6.92 Å². The number of nitrogens with one attached hydrogen (secondary N) is 1. The summed E-state index contributed by atoms with van der Waals surface area (Å²) in [6, 6.07) is 7.19. The third kappa shape index (κ3) is 1.88. The van der Waals surface area contributed by atoms with Crippen LogP contribution >= 0.6 is 0 Å². The molecule has 0 radical (unpaired) electrons. The van der Waals surface area contributed by atoms with Gasteiger partial charge in [-0.05, 0) is 18.6 Å². The van der Waals surface area contributed by atoms with Gasteiger partial charge in [-0.15, -0.1) is 0 Å². The maximum Gasteiger partial charge on any atom is 0.297 e. The Balaban J connectivity index is 2.42. The molecule has 0 unspecified atom stereocenters. The van der Waals surface area contributed by atoms with Crippen LogP contribution in [0.3, 0.4) is 0 Å². The Morgan fingerprint density at radius 1 is 1.38 bits per heavy atom. The van der Waals surface area contributed by atoms with Crippen molar-refractivity contribution < 1.29 is 9.84 Å². The first-order chi connectivity index (χ1) is 7.68. The maximum absolute atomic E-state index is 11.4. The van der Waals surface area contributed by atoms with E-state index >= 15 is 0 Å². The molecule has 2 N–H and O–H groups in total. The van der Waals surface area contributed by atoms with E-state index in [9.17, 15) is 9.90 Å². The Kier molecular flexibility index (Phi) is 2.59. The number of aromatic nitrogens is 2. The second-order valence-corrected chi connectivity index (χ2v) is 3.25. The lowest BCUT2D eigenvalue weighted by Gasteiger charge is -2.07. The average Bonchev–Trinajstić information content (AvgIpc) is 2.26. The van der Waals surface area contributed by atoms with E-state index in [1.807, 2.05) is 19.1 Å². The van der Waals surface area contributed by atoms with E-state index in [0.29, 0.717) is 5.75 Å². The normalized spacial score (nSPS) is 10.1. The van der Waals surface area contributed by atoms with Crippen LogP contribution in [-0.4, -0.2) is 15.1 Å². The molecule has 16 heavy (non-hydrogen) atoms. The number of benzene rings is 1. The first-order valence-electron chi connectivity index (χ1n) is 4.68. The Morgan fingerprint density at radius 2 is 2.12 bits per heavy atom. The average molecular weight is 218 g/mol. The van der Waals surface area contributed by atoms with Crippen molar-refractivity contribution in [3.63, 3.8) is 0 Å². The number of aromatic amines is 1. The summed E-state index contributed by atoms with van der Waals surface area (Å²) in [6.45, 7) is 1.84. The Hall–Kier alpha value is -2.30. The van der Waals surface area contributed by atoms with Gasteiger partial charge in [-0.25, -0.2) is 4.98 Å². The first-order valence-corrected chi connectivity index (χ1v) is 4.68. The first kappa shape index (κ1) is 10.2. The van der Waals surface area contributed by atoms with Gasteiger partial charge in [-0.1, -0.05) is 18.2 Å². The minimum Gasteiger partial charge on any atom is -0.490 e. The van der Waals surface area contributed by atoms with Crippen LogP contribution in [0.4, 0.5) is 0 Å². The summed E-state index contributed by atoms with van der Waals surface area (Å²) in [5.41, 5.74) is 0.348. The second-order valence-electron chi connectivity index (χ2n) is 3.25. The molecule has 0 aliphatic heterocycles. The molecule has 1 heterocycles. The number of hydrogen-bond acceptors (Lipinski definition) is 4. The summed E-state index contributed by atoms with van der Waals surface area (Å²) in [4.78, 5) is 17.2. The van der Waals surface area contributed by atoms with Gasteiger partial charge in [0.05, 0.1) is 6.33 Å². The highest BCUT2D eigenvalue weighted by molar-refractivity contribution is 5.38. The van der Waals surface area contributed by atoms with Gasteiger partial charge < -0.3 is 14.8 Å². The minimum atomic E-state index is -0.518.